The molecule has 0 amide bonds. The predicted molar refractivity (Wildman–Crippen MR) is 79.8 cm³/mol. The van der Waals surface area contributed by atoms with Gasteiger partial charge in [0.2, 0.25) is 0 Å². The van der Waals surface area contributed by atoms with Crippen molar-refractivity contribution >= 4 is 38.9 Å². The van der Waals surface area contributed by atoms with Gasteiger partial charge in [-0.05, 0) is 30.7 Å². The third kappa shape index (κ3) is 3.30. The quantitative estimate of drug-likeness (QED) is 0.657. The van der Waals surface area contributed by atoms with E-state index < -0.39 is 0 Å². The van der Waals surface area contributed by atoms with Gasteiger partial charge in [0.25, 0.3) is 0 Å². The number of nitrogens with one attached hydrogen (secondary N) is 1. The third-order valence-corrected chi connectivity index (χ3v) is 4.41. The number of hydrazine groups is 1. The summed E-state index contributed by atoms with van der Waals surface area (Å²) in [5, 5.41) is 3.78. The third-order valence-electron chi connectivity index (χ3n) is 2.58. The predicted octanol–water partition coefficient (Wildman–Crippen LogP) is 3.61. The number of nitrogens with zero attached hydrogens (tertiary/aromatic N) is 1. The van der Waals surface area contributed by atoms with E-state index in [4.69, 9.17) is 17.4 Å². The molecule has 3 N–H and O–H groups in total. The standard InChI is InChI=1S/C12H13BrClN3S/c1-7-6-18-12(16-7)5-11(17-15)9-4-8(13)2-3-10(9)14/h2-4,6,11,17H,5,15H2,1H3. The minimum atomic E-state index is -0.0412. The van der Waals surface area contributed by atoms with Crippen molar-refractivity contribution in [3.05, 3.63) is 49.3 Å². The highest BCUT2D eigenvalue weighted by molar-refractivity contribution is 9.10. The molecule has 2 rings (SSSR count). The number of aryl methyl sites for hydroxylation is 1. The molecule has 0 aliphatic heterocycles. The van der Waals surface area contributed by atoms with Crippen molar-refractivity contribution in [1.82, 2.24) is 10.4 Å². The minimum absolute atomic E-state index is 0.0412. The molecule has 0 radical (unpaired) electrons. The van der Waals surface area contributed by atoms with Gasteiger partial charge in [-0.15, -0.1) is 11.3 Å². The van der Waals surface area contributed by atoms with Crippen molar-refractivity contribution < 1.29 is 0 Å². The van der Waals surface area contributed by atoms with Gasteiger partial charge in [-0.2, -0.15) is 0 Å². The van der Waals surface area contributed by atoms with Crippen LogP contribution in [0.15, 0.2) is 28.1 Å². The molecule has 0 aliphatic carbocycles. The summed E-state index contributed by atoms with van der Waals surface area (Å²) in [6.07, 6.45) is 0.727. The maximum atomic E-state index is 6.21. The number of thiazole rings is 1. The Morgan fingerprint density at radius 1 is 1.56 bits per heavy atom. The van der Waals surface area contributed by atoms with Gasteiger partial charge >= 0.3 is 0 Å². The molecule has 2 aromatic rings. The molecule has 1 atom stereocenters. The summed E-state index contributed by atoms with van der Waals surface area (Å²) in [6.45, 7) is 1.98. The number of benzene rings is 1. The molecule has 18 heavy (non-hydrogen) atoms. The molecule has 1 heterocycles. The summed E-state index contributed by atoms with van der Waals surface area (Å²) in [7, 11) is 0. The van der Waals surface area contributed by atoms with E-state index in [1.54, 1.807) is 11.3 Å². The number of halogens is 2. The van der Waals surface area contributed by atoms with Crippen molar-refractivity contribution in [2.45, 2.75) is 19.4 Å². The second kappa shape index (κ2) is 6.12. The highest BCUT2D eigenvalue weighted by Crippen LogP contribution is 2.29. The summed E-state index contributed by atoms with van der Waals surface area (Å²) < 4.78 is 0.984. The zero-order valence-electron chi connectivity index (χ0n) is 9.78. The molecule has 0 spiro atoms. The zero-order valence-corrected chi connectivity index (χ0v) is 12.9. The second-order valence-electron chi connectivity index (χ2n) is 3.97. The van der Waals surface area contributed by atoms with Gasteiger partial charge in [-0.1, -0.05) is 27.5 Å². The number of aromatic nitrogens is 1. The fourth-order valence-electron chi connectivity index (χ4n) is 1.71. The molecule has 0 saturated carbocycles. The molecule has 0 saturated heterocycles. The van der Waals surface area contributed by atoms with E-state index in [2.05, 4.69) is 26.3 Å². The molecule has 96 valence electrons. The number of hydrogen-bond acceptors (Lipinski definition) is 4. The van der Waals surface area contributed by atoms with Crippen LogP contribution < -0.4 is 11.3 Å². The van der Waals surface area contributed by atoms with Crippen LogP contribution in [0.3, 0.4) is 0 Å². The fourth-order valence-corrected chi connectivity index (χ4v) is 3.16. The SMILES string of the molecule is Cc1csc(CC(NN)c2cc(Br)ccc2Cl)n1. The molecule has 0 aliphatic rings. The Kier molecular flexibility index (Phi) is 4.75. The number of nitrogens with two attached hydrogens (primary N) is 1. The molecule has 1 aromatic carbocycles. The smallest absolute Gasteiger partial charge is 0.0947 e. The van der Waals surface area contributed by atoms with Gasteiger partial charge in [-0.25, -0.2) is 4.98 Å². The second-order valence-corrected chi connectivity index (χ2v) is 6.24. The molecular weight excluding hydrogens is 334 g/mol. The zero-order chi connectivity index (χ0) is 13.1. The first-order valence-corrected chi connectivity index (χ1v) is 7.47. The van der Waals surface area contributed by atoms with E-state index in [1.165, 1.54) is 0 Å². The van der Waals surface area contributed by atoms with Gasteiger partial charge in [0.05, 0.1) is 11.0 Å². The summed E-state index contributed by atoms with van der Waals surface area (Å²) in [5.41, 5.74) is 4.81. The van der Waals surface area contributed by atoms with Crippen LogP contribution in [0.25, 0.3) is 0 Å². The van der Waals surface area contributed by atoms with Crippen molar-refractivity contribution in [1.29, 1.82) is 0 Å². The van der Waals surface area contributed by atoms with Crippen molar-refractivity contribution in [2.75, 3.05) is 0 Å². The van der Waals surface area contributed by atoms with E-state index in [9.17, 15) is 0 Å². The summed E-state index contributed by atoms with van der Waals surface area (Å²) >= 11 is 11.3. The first-order valence-electron chi connectivity index (χ1n) is 5.42. The van der Waals surface area contributed by atoms with Crippen LogP contribution in [0.4, 0.5) is 0 Å². The van der Waals surface area contributed by atoms with E-state index in [1.807, 2.05) is 30.5 Å². The maximum absolute atomic E-state index is 6.21. The topological polar surface area (TPSA) is 50.9 Å². The van der Waals surface area contributed by atoms with E-state index in [-0.39, 0.29) is 6.04 Å². The number of rotatable bonds is 4. The molecule has 1 aromatic heterocycles. The van der Waals surface area contributed by atoms with Crippen LogP contribution in [0, 0.1) is 6.92 Å². The van der Waals surface area contributed by atoms with Crippen LogP contribution in [-0.2, 0) is 6.42 Å². The average Bonchev–Trinajstić information content (AvgIpc) is 2.75. The lowest BCUT2D eigenvalue weighted by molar-refractivity contribution is 0.550. The van der Waals surface area contributed by atoms with Crippen molar-refractivity contribution in [2.24, 2.45) is 5.84 Å². The van der Waals surface area contributed by atoms with Gasteiger partial charge in [-0.3, -0.25) is 11.3 Å². The average molecular weight is 347 g/mol. The Morgan fingerprint density at radius 3 is 2.94 bits per heavy atom. The molecular formula is C12H13BrClN3S. The Hall–Kier alpha value is -0.460. The van der Waals surface area contributed by atoms with Gasteiger partial charge in [0, 0.05) is 27.0 Å². The van der Waals surface area contributed by atoms with Crippen LogP contribution in [0.2, 0.25) is 5.02 Å². The fraction of sp³-hybridized carbons (Fsp3) is 0.250. The van der Waals surface area contributed by atoms with Gasteiger partial charge in [0.15, 0.2) is 0 Å². The molecule has 0 fully saturated rings. The monoisotopic (exact) mass is 345 g/mol. The lowest BCUT2D eigenvalue weighted by Crippen LogP contribution is -2.29. The Morgan fingerprint density at radius 2 is 2.33 bits per heavy atom. The number of hydrogen-bond donors (Lipinski definition) is 2. The van der Waals surface area contributed by atoms with Crippen molar-refractivity contribution in [3.8, 4) is 0 Å². The summed E-state index contributed by atoms with van der Waals surface area (Å²) in [5.74, 6) is 5.63. The maximum Gasteiger partial charge on any atom is 0.0947 e. The van der Waals surface area contributed by atoms with E-state index in [0.717, 1.165) is 27.2 Å². The molecule has 1 unspecified atom stereocenters. The van der Waals surface area contributed by atoms with E-state index >= 15 is 0 Å². The molecule has 0 bridgehead atoms. The molecule has 6 heteroatoms. The first-order chi connectivity index (χ1) is 8.60. The highest BCUT2D eigenvalue weighted by atomic mass is 79.9. The highest BCUT2D eigenvalue weighted by Gasteiger charge is 2.16. The summed E-state index contributed by atoms with van der Waals surface area (Å²) in [4.78, 5) is 4.44. The lowest BCUT2D eigenvalue weighted by atomic mass is 10.0. The minimum Gasteiger partial charge on any atom is -0.271 e. The van der Waals surface area contributed by atoms with Gasteiger partial charge < -0.3 is 0 Å². The van der Waals surface area contributed by atoms with Crippen LogP contribution >= 0.6 is 38.9 Å². The Balaban J connectivity index is 2.25. The van der Waals surface area contributed by atoms with Crippen LogP contribution in [0.1, 0.15) is 22.3 Å². The van der Waals surface area contributed by atoms with E-state index in [0.29, 0.717) is 5.02 Å². The molecule has 3 nitrogen and oxygen atoms in total. The Labute approximate surface area is 123 Å². The first kappa shape index (κ1) is 14.0. The Bertz CT molecular complexity index is 544. The van der Waals surface area contributed by atoms with Gasteiger partial charge in [0.1, 0.15) is 0 Å². The van der Waals surface area contributed by atoms with Crippen LogP contribution in [-0.4, -0.2) is 4.98 Å². The van der Waals surface area contributed by atoms with Crippen LogP contribution in [0.5, 0.6) is 0 Å². The van der Waals surface area contributed by atoms with Crippen molar-refractivity contribution in [3.63, 3.8) is 0 Å². The summed E-state index contributed by atoms with van der Waals surface area (Å²) in [6, 6.07) is 5.71. The lowest BCUT2D eigenvalue weighted by Gasteiger charge is -2.16. The normalized spacial score (nSPS) is 12.7. The largest absolute Gasteiger partial charge is 0.271 e.